The van der Waals surface area contributed by atoms with Gasteiger partial charge in [-0.25, -0.2) is 9.67 Å². The van der Waals surface area contributed by atoms with E-state index in [1.54, 1.807) is 60.8 Å². The molecular formula is C26H24N6O3. The van der Waals surface area contributed by atoms with Crippen LogP contribution in [0.25, 0.3) is 5.82 Å². The van der Waals surface area contributed by atoms with Crippen molar-refractivity contribution in [3.8, 4) is 17.3 Å². The molecule has 0 bridgehead atoms. The Balaban J connectivity index is 1.24. The summed E-state index contributed by atoms with van der Waals surface area (Å²) in [5, 5.41) is 9.83. The second-order valence-corrected chi connectivity index (χ2v) is 8.26. The van der Waals surface area contributed by atoms with Crippen LogP contribution in [-0.4, -0.2) is 44.7 Å². The summed E-state index contributed by atoms with van der Waals surface area (Å²) in [6.45, 7) is 0. The van der Waals surface area contributed by atoms with Crippen LogP contribution in [0.2, 0.25) is 0 Å². The molecule has 1 aliphatic carbocycles. The van der Waals surface area contributed by atoms with Gasteiger partial charge in [-0.05, 0) is 66.8 Å². The average molecular weight is 469 g/mol. The second-order valence-electron chi connectivity index (χ2n) is 8.26. The number of rotatable bonds is 6. The van der Waals surface area contributed by atoms with E-state index in [0.29, 0.717) is 29.3 Å². The highest BCUT2D eigenvalue weighted by molar-refractivity contribution is 5.94. The molecule has 1 aliphatic rings. The molecular weight excluding hydrogens is 444 g/mol. The van der Waals surface area contributed by atoms with Crippen molar-refractivity contribution in [1.29, 1.82) is 0 Å². The van der Waals surface area contributed by atoms with E-state index in [4.69, 9.17) is 4.74 Å². The summed E-state index contributed by atoms with van der Waals surface area (Å²) in [7, 11) is 1.56. The predicted octanol–water partition coefficient (Wildman–Crippen LogP) is 3.10. The number of ether oxygens (including phenoxy) is 1. The number of hydrogen-bond acceptors (Lipinski definition) is 6. The normalized spacial score (nSPS) is 14.6. The summed E-state index contributed by atoms with van der Waals surface area (Å²) in [6, 6.07) is 14.6. The van der Waals surface area contributed by atoms with Gasteiger partial charge in [-0.1, -0.05) is 6.07 Å². The summed E-state index contributed by atoms with van der Waals surface area (Å²) in [4.78, 5) is 33.0. The Morgan fingerprint density at radius 2 is 1.89 bits per heavy atom. The minimum atomic E-state index is -0.272. The van der Waals surface area contributed by atoms with Crippen LogP contribution in [-0.2, 0) is 12.8 Å². The van der Waals surface area contributed by atoms with Gasteiger partial charge in [-0.3, -0.25) is 14.6 Å². The first-order valence-corrected chi connectivity index (χ1v) is 11.3. The largest absolute Gasteiger partial charge is 0.457 e. The monoisotopic (exact) mass is 468 g/mol. The zero-order valence-electron chi connectivity index (χ0n) is 19.1. The molecule has 0 saturated heterocycles. The minimum absolute atomic E-state index is 0.0109. The standard InChI is InChI=1S/C26H24N6O3/c1-27-26(34)23-15-22(9-11-28-23)35-21-7-4-17-3-6-20(13-19(17)14-21)31-25(33)18-5-8-24(29-16-18)32-12-2-10-30-32/h2,4-5,7-12,14-16,20H,3,6,13H2,1H3,(H,27,34)(H,31,33). The number of nitrogens with one attached hydrogen (secondary N) is 2. The van der Waals surface area contributed by atoms with E-state index in [9.17, 15) is 9.59 Å². The molecule has 4 aromatic rings. The maximum atomic E-state index is 12.8. The van der Waals surface area contributed by atoms with Crippen LogP contribution in [0.5, 0.6) is 11.5 Å². The van der Waals surface area contributed by atoms with Gasteiger partial charge in [-0.15, -0.1) is 0 Å². The summed E-state index contributed by atoms with van der Waals surface area (Å²) >= 11 is 0. The van der Waals surface area contributed by atoms with Gasteiger partial charge in [0.15, 0.2) is 5.82 Å². The van der Waals surface area contributed by atoms with E-state index in [0.717, 1.165) is 18.4 Å². The molecule has 176 valence electrons. The van der Waals surface area contributed by atoms with Crippen LogP contribution >= 0.6 is 0 Å². The minimum Gasteiger partial charge on any atom is -0.457 e. The molecule has 1 unspecified atom stereocenters. The lowest BCUT2D eigenvalue weighted by molar-refractivity contribution is 0.0931. The number of nitrogens with zero attached hydrogens (tertiary/aromatic N) is 4. The Hall–Kier alpha value is -4.53. The van der Waals surface area contributed by atoms with Gasteiger partial charge in [-0.2, -0.15) is 5.10 Å². The third-order valence-electron chi connectivity index (χ3n) is 5.92. The molecule has 5 rings (SSSR count). The van der Waals surface area contributed by atoms with Gasteiger partial charge in [0.1, 0.15) is 17.2 Å². The van der Waals surface area contributed by atoms with Crippen molar-refractivity contribution in [3.63, 3.8) is 0 Å². The van der Waals surface area contributed by atoms with Gasteiger partial charge in [0, 0.05) is 43.9 Å². The molecule has 1 aromatic carbocycles. The Morgan fingerprint density at radius 1 is 1.00 bits per heavy atom. The van der Waals surface area contributed by atoms with E-state index in [1.165, 1.54) is 5.56 Å². The number of pyridine rings is 2. The fourth-order valence-corrected chi connectivity index (χ4v) is 4.11. The summed E-state index contributed by atoms with van der Waals surface area (Å²) in [6.07, 6.45) is 9.02. The third kappa shape index (κ3) is 5.03. The first-order valence-electron chi connectivity index (χ1n) is 11.3. The molecule has 9 nitrogen and oxygen atoms in total. The molecule has 9 heteroatoms. The summed E-state index contributed by atoms with van der Waals surface area (Å²) in [5.41, 5.74) is 3.17. The van der Waals surface area contributed by atoms with Gasteiger partial charge in [0.25, 0.3) is 11.8 Å². The van der Waals surface area contributed by atoms with Crippen molar-refractivity contribution >= 4 is 11.8 Å². The number of amides is 2. The van der Waals surface area contributed by atoms with Gasteiger partial charge in [0.2, 0.25) is 0 Å². The van der Waals surface area contributed by atoms with Gasteiger partial charge < -0.3 is 15.4 Å². The Bertz CT molecular complexity index is 1350. The molecule has 35 heavy (non-hydrogen) atoms. The topological polar surface area (TPSA) is 111 Å². The van der Waals surface area contributed by atoms with Crippen LogP contribution in [0, 0.1) is 0 Å². The highest BCUT2D eigenvalue weighted by atomic mass is 16.5. The second kappa shape index (κ2) is 9.76. The van der Waals surface area contributed by atoms with E-state index in [1.807, 2.05) is 18.2 Å². The lowest BCUT2D eigenvalue weighted by atomic mass is 9.88. The first kappa shape index (κ1) is 22.3. The number of hydrogen-bond donors (Lipinski definition) is 2. The number of carbonyl (C=O) groups is 2. The Kier molecular flexibility index (Phi) is 6.21. The molecule has 2 N–H and O–H groups in total. The summed E-state index contributed by atoms with van der Waals surface area (Å²) in [5.74, 6) is 1.44. The summed E-state index contributed by atoms with van der Waals surface area (Å²) < 4.78 is 7.63. The molecule has 0 radical (unpaired) electrons. The highest BCUT2D eigenvalue weighted by Crippen LogP contribution is 2.29. The molecule has 1 atom stereocenters. The zero-order chi connectivity index (χ0) is 24.2. The molecule has 3 aromatic heterocycles. The highest BCUT2D eigenvalue weighted by Gasteiger charge is 2.22. The average Bonchev–Trinajstić information content (AvgIpc) is 3.43. The number of fused-ring (bicyclic) bond motifs is 1. The smallest absolute Gasteiger partial charge is 0.269 e. The molecule has 0 fully saturated rings. The molecule has 3 heterocycles. The van der Waals surface area contributed by atoms with E-state index in [2.05, 4.69) is 31.8 Å². The van der Waals surface area contributed by atoms with Crippen molar-refractivity contribution in [1.82, 2.24) is 30.4 Å². The SMILES string of the molecule is CNC(=O)c1cc(Oc2ccc3c(c2)CC(NC(=O)c2ccc(-n4cccn4)nc2)CC3)ccn1. The molecule has 0 saturated carbocycles. The lowest BCUT2D eigenvalue weighted by Crippen LogP contribution is -2.38. The van der Waals surface area contributed by atoms with Crippen LogP contribution in [0.1, 0.15) is 38.4 Å². The van der Waals surface area contributed by atoms with Crippen molar-refractivity contribution in [2.24, 2.45) is 0 Å². The number of aryl methyl sites for hydroxylation is 1. The molecule has 0 aliphatic heterocycles. The molecule has 0 spiro atoms. The maximum absolute atomic E-state index is 12.8. The number of benzene rings is 1. The first-order chi connectivity index (χ1) is 17.1. The van der Waals surface area contributed by atoms with Crippen LogP contribution < -0.4 is 15.4 Å². The van der Waals surface area contributed by atoms with E-state index >= 15 is 0 Å². The molecule has 2 amide bonds. The third-order valence-corrected chi connectivity index (χ3v) is 5.92. The fourth-order valence-electron chi connectivity index (χ4n) is 4.11. The number of carbonyl (C=O) groups excluding carboxylic acids is 2. The Labute approximate surface area is 202 Å². The quantitative estimate of drug-likeness (QED) is 0.450. The van der Waals surface area contributed by atoms with Crippen LogP contribution in [0.4, 0.5) is 0 Å². The van der Waals surface area contributed by atoms with Crippen molar-refractivity contribution in [3.05, 3.63) is 95.7 Å². The number of aromatic nitrogens is 4. The van der Waals surface area contributed by atoms with Gasteiger partial charge in [0.05, 0.1) is 5.56 Å². The zero-order valence-corrected chi connectivity index (χ0v) is 19.1. The van der Waals surface area contributed by atoms with Crippen molar-refractivity contribution in [2.45, 2.75) is 25.3 Å². The maximum Gasteiger partial charge on any atom is 0.269 e. The van der Waals surface area contributed by atoms with Gasteiger partial charge >= 0.3 is 0 Å². The van der Waals surface area contributed by atoms with Crippen molar-refractivity contribution in [2.75, 3.05) is 7.05 Å². The van der Waals surface area contributed by atoms with E-state index < -0.39 is 0 Å². The van der Waals surface area contributed by atoms with E-state index in [-0.39, 0.29) is 23.6 Å². The predicted molar refractivity (Wildman–Crippen MR) is 129 cm³/mol. The van der Waals surface area contributed by atoms with Crippen LogP contribution in [0.3, 0.4) is 0 Å². The lowest BCUT2D eigenvalue weighted by Gasteiger charge is -2.26. The Morgan fingerprint density at radius 3 is 2.66 bits per heavy atom. The fraction of sp³-hybridized carbons (Fsp3) is 0.192. The van der Waals surface area contributed by atoms with Crippen molar-refractivity contribution < 1.29 is 14.3 Å². The van der Waals surface area contributed by atoms with Crippen LogP contribution in [0.15, 0.2) is 73.3 Å².